The van der Waals surface area contributed by atoms with Crippen LogP contribution in [0.4, 0.5) is 0 Å². The normalized spacial score (nSPS) is 10.6. The summed E-state index contributed by atoms with van der Waals surface area (Å²) in [5, 5.41) is 11.6. The summed E-state index contributed by atoms with van der Waals surface area (Å²) in [5.41, 5.74) is 0.894. The Morgan fingerprint density at radius 2 is 2.20 bits per heavy atom. The highest BCUT2D eigenvalue weighted by Gasteiger charge is 2.20. The van der Waals surface area contributed by atoms with Gasteiger partial charge in [0, 0.05) is 24.7 Å². The maximum absolute atomic E-state index is 12.2. The van der Waals surface area contributed by atoms with Crippen LogP contribution in [0.5, 0.6) is 0 Å². The second-order valence-electron chi connectivity index (χ2n) is 5.13. The van der Waals surface area contributed by atoms with Gasteiger partial charge in [0.25, 0.3) is 5.91 Å². The summed E-state index contributed by atoms with van der Waals surface area (Å²) >= 11 is 0. The highest BCUT2D eigenvalue weighted by molar-refractivity contribution is 5.95. The van der Waals surface area contributed by atoms with Gasteiger partial charge in [0.2, 0.25) is 0 Å². The molecule has 0 spiro atoms. The van der Waals surface area contributed by atoms with Crippen molar-refractivity contribution in [1.82, 2.24) is 5.32 Å². The predicted octanol–water partition coefficient (Wildman–Crippen LogP) is 1.58. The zero-order chi connectivity index (χ0) is 15.0. The third-order valence-electron chi connectivity index (χ3n) is 2.55. The van der Waals surface area contributed by atoms with Gasteiger partial charge in [0.15, 0.2) is 0 Å². The third-order valence-corrected chi connectivity index (χ3v) is 2.55. The van der Waals surface area contributed by atoms with Gasteiger partial charge >= 0.3 is 0 Å². The van der Waals surface area contributed by atoms with Crippen molar-refractivity contribution >= 4 is 5.91 Å². The third kappa shape index (κ3) is 5.43. The van der Waals surface area contributed by atoms with Crippen molar-refractivity contribution in [1.29, 1.82) is 0 Å². The molecule has 0 aliphatic rings. The van der Waals surface area contributed by atoms with E-state index in [2.05, 4.69) is 17.2 Å². The number of nitrogens with one attached hydrogen (secondary N) is 1. The van der Waals surface area contributed by atoms with E-state index in [1.54, 1.807) is 25.3 Å². The molecule has 0 aliphatic heterocycles. The molecule has 4 nitrogen and oxygen atoms in total. The van der Waals surface area contributed by atoms with Crippen LogP contribution in [0.1, 0.15) is 36.2 Å². The maximum Gasteiger partial charge on any atom is 0.251 e. The molecule has 0 aliphatic carbocycles. The molecule has 0 aromatic heterocycles. The van der Waals surface area contributed by atoms with Crippen molar-refractivity contribution in [2.45, 2.75) is 25.8 Å². The number of aliphatic hydroxyl groups excluding tert-OH is 1. The van der Waals surface area contributed by atoms with E-state index in [1.165, 1.54) is 0 Å². The maximum atomic E-state index is 12.2. The highest BCUT2D eigenvalue weighted by atomic mass is 16.5. The van der Waals surface area contributed by atoms with Crippen LogP contribution in [0.15, 0.2) is 24.3 Å². The summed E-state index contributed by atoms with van der Waals surface area (Å²) in [6.07, 6.45) is 0.428. The molecular weight excluding hydrogens is 254 g/mol. The molecule has 1 aromatic rings. The lowest BCUT2D eigenvalue weighted by molar-refractivity contribution is 0.0820. The van der Waals surface area contributed by atoms with Gasteiger partial charge in [-0.1, -0.05) is 17.9 Å². The van der Waals surface area contributed by atoms with Crippen LogP contribution < -0.4 is 5.32 Å². The fraction of sp³-hybridized carbons (Fsp3) is 0.438. The van der Waals surface area contributed by atoms with Crippen molar-refractivity contribution < 1.29 is 14.6 Å². The summed E-state index contributed by atoms with van der Waals surface area (Å²) in [5.74, 6) is 5.59. The average Bonchev–Trinajstić information content (AvgIpc) is 2.38. The molecule has 0 fully saturated rings. The molecule has 0 atom stereocenters. The van der Waals surface area contributed by atoms with Crippen LogP contribution in [0.2, 0.25) is 0 Å². The SMILES string of the molecule is COCC(C)(C)NC(=O)c1cccc(C#CCCO)c1. The first-order valence-electron chi connectivity index (χ1n) is 6.50. The zero-order valence-electron chi connectivity index (χ0n) is 12.2. The predicted molar refractivity (Wildman–Crippen MR) is 78.4 cm³/mol. The topological polar surface area (TPSA) is 58.6 Å². The summed E-state index contributed by atoms with van der Waals surface area (Å²) in [6, 6.07) is 7.11. The minimum atomic E-state index is -0.426. The molecule has 0 saturated heterocycles. The Balaban J connectivity index is 2.79. The number of hydrogen-bond acceptors (Lipinski definition) is 3. The van der Waals surface area contributed by atoms with Crippen molar-refractivity contribution in [3.8, 4) is 11.8 Å². The van der Waals surface area contributed by atoms with E-state index in [0.717, 1.165) is 5.56 Å². The molecule has 0 heterocycles. The van der Waals surface area contributed by atoms with E-state index in [-0.39, 0.29) is 12.5 Å². The molecule has 2 N–H and O–H groups in total. The minimum absolute atomic E-state index is 0.0401. The van der Waals surface area contributed by atoms with E-state index < -0.39 is 5.54 Å². The Morgan fingerprint density at radius 3 is 2.85 bits per heavy atom. The summed E-state index contributed by atoms with van der Waals surface area (Å²) in [6.45, 7) is 4.28. The van der Waals surface area contributed by atoms with Crippen LogP contribution in [0.25, 0.3) is 0 Å². The largest absolute Gasteiger partial charge is 0.395 e. The molecule has 1 rings (SSSR count). The van der Waals surface area contributed by atoms with Crippen molar-refractivity contribution in [2.75, 3.05) is 20.3 Å². The summed E-state index contributed by atoms with van der Waals surface area (Å²) in [7, 11) is 1.60. The number of hydrogen-bond donors (Lipinski definition) is 2. The monoisotopic (exact) mass is 275 g/mol. The Morgan fingerprint density at radius 1 is 1.45 bits per heavy atom. The van der Waals surface area contributed by atoms with Gasteiger partial charge in [0.1, 0.15) is 0 Å². The van der Waals surface area contributed by atoms with Crippen LogP contribution in [0, 0.1) is 11.8 Å². The first kappa shape index (κ1) is 16.2. The smallest absolute Gasteiger partial charge is 0.251 e. The molecule has 0 radical (unpaired) electrons. The lowest BCUT2D eigenvalue weighted by Crippen LogP contribution is -2.46. The van der Waals surface area contributed by atoms with E-state index in [1.807, 2.05) is 19.9 Å². The van der Waals surface area contributed by atoms with Crippen LogP contribution in [-0.2, 0) is 4.74 Å². The van der Waals surface area contributed by atoms with E-state index in [4.69, 9.17) is 9.84 Å². The molecule has 0 bridgehead atoms. The summed E-state index contributed by atoms with van der Waals surface area (Å²) in [4.78, 5) is 12.2. The number of ether oxygens (including phenoxy) is 1. The van der Waals surface area contributed by atoms with E-state index in [0.29, 0.717) is 18.6 Å². The number of aliphatic hydroxyl groups is 1. The van der Waals surface area contributed by atoms with Crippen LogP contribution >= 0.6 is 0 Å². The second kappa shape index (κ2) is 7.68. The van der Waals surface area contributed by atoms with Crippen LogP contribution in [0.3, 0.4) is 0 Å². The van der Waals surface area contributed by atoms with Crippen molar-refractivity contribution in [3.05, 3.63) is 35.4 Å². The van der Waals surface area contributed by atoms with Gasteiger partial charge < -0.3 is 15.2 Å². The fourth-order valence-corrected chi connectivity index (χ4v) is 1.74. The zero-order valence-corrected chi connectivity index (χ0v) is 12.2. The van der Waals surface area contributed by atoms with Gasteiger partial charge in [-0.05, 0) is 32.0 Å². The van der Waals surface area contributed by atoms with Crippen LogP contribution in [-0.4, -0.2) is 36.9 Å². The Labute approximate surface area is 120 Å². The molecular formula is C16H21NO3. The molecule has 1 amide bonds. The standard InChI is InChI=1S/C16H21NO3/c1-16(2,12-20-3)17-15(19)14-9-6-8-13(11-14)7-4-5-10-18/h6,8-9,11,18H,5,10,12H2,1-3H3,(H,17,19). The Bertz CT molecular complexity index is 512. The van der Waals surface area contributed by atoms with Crippen molar-refractivity contribution in [3.63, 3.8) is 0 Å². The van der Waals surface area contributed by atoms with Gasteiger partial charge in [0.05, 0.1) is 18.8 Å². The molecule has 108 valence electrons. The van der Waals surface area contributed by atoms with Gasteiger partial charge in [-0.25, -0.2) is 0 Å². The molecule has 1 aromatic carbocycles. The lowest BCUT2D eigenvalue weighted by Gasteiger charge is -2.25. The molecule has 0 saturated carbocycles. The number of amides is 1. The average molecular weight is 275 g/mol. The Kier molecular flexibility index (Phi) is 6.23. The highest BCUT2D eigenvalue weighted by Crippen LogP contribution is 2.08. The number of rotatable bonds is 5. The second-order valence-corrected chi connectivity index (χ2v) is 5.13. The van der Waals surface area contributed by atoms with Gasteiger partial charge in [-0.3, -0.25) is 4.79 Å². The molecule has 20 heavy (non-hydrogen) atoms. The first-order valence-corrected chi connectivity index (χ1v) is 6.50. The lowest BCUT2D eigenvalue weighted by atomic mass is 10.0. The number of carbonyl (C=O) groups excluding carboxylic acids is 1. The number of carbonyl (C=O) groups is 1. The number of benzene rings is 1. The van der Waals surface area contributed by atoms with Gasteiger partial charge in [-0.2, -0.15) is 0 Å². The number of methoxy groups -OCH3 is 1. The Hall–Kier alpha value is -1.83. The first-order chi connectivity index (χ1) is 9.48. The van der Waals surface area contributed by atoms with Gasteiger partial charge in [-0.15, -0.1) is 0 Å². The quantitative estimate of drug-likeness (QED) is 0.802. The molecule has 4 heteroatoms. The van der Waals surface area contributed by atoms with E-state index >= 15 is 0 Å². The van der Waals surface area contributed by atoms with E-state index in [9.17, 15) is 4.79 Å². The molecule has 0 unspecified atom stereocenters. The fourth-order valence-electron chi connectivity index (χ4n) is 1.74. The summed E-state index contributed by atoms with van der Waals surface area (Å²) < 4.78 is 5.07. The minimum Gasteiger partial charge on any atom is -0.395 e. The van der Waals surface area contributed by atoms with Crippen molar-refractivity contribution in [2.24, 2.45) is 0 Å².